The summed E-state index contributed by atoms with van der Waals surface area (Å²) >= 11 is 0. The van der Waals surface area contributed by atoms with Crippen LogP contribution in [0.2, 0.25) is 0 Å². The van der Waals surface area contributed by atoms with Crippen molar-refractivity contribution in [1.82, 2.24) is 9.55 Å². The van der Waals surface area contributed by atoms with Crippen molar-refractivity contribution < 1.29 is 0 Å². The third-order valence-electron chi connectivity index (χ3n) is 4.16. The van der Waals surface area contributed by atoms with Crippen molar-refractivity contribution in [3.63, 3.8) is 0 Å². The minimum atomic E-state index is -0.204. The van der Waals surface area contributed by atoms with Crippen LogP contribution < -0.4 is 5.73 Å². The van der Waals surface area contributed by atoms with Gasteiger partial charge in [-0.1, -0.05) is 32.4 Å². The molecule has 0 bridgehead atoms. The summed E-state index contributed by atoms with van der Waals surface area (Å²) in [5.41, 5.74) is 8.46. The number of nitrogens with zero attached hydrogens (tertiary/aromatic N) is 2. The van der Waals surface area contributed by atoms with Gasteiger partial charge in [-0.2, -0.15) is 0 Å². The number of nitrogens with two attached hydrogens (primary N) is 1. The summed E-state index contributed by atoms with van der Waals surface area (Å²) in [5, 5.41) is 0. The molecule has 0 radical (unpaired) electrons. The van der Waals surface area contributed by atoms with Crippen molar-refractivity contribution in [1.29, 1.82) is 0 Å². The second kappa shape index (κ2) is 4.73. The van der Waals surface area contributed by atoms with Gasteiger partial charge in [0.2, 0.25) is 0 Å². The fraction of sp³-hybridized carbons (Fsp3) is 0.533. The van der Waals surface area contributed by atoms with Crippen LogP contribution in [0.3, 0.4) is 0 Å². The molecule has 98 valence electrons. The topological polar surface area (TPSA) is 43.8 Å². The molecule has 0 amide bonds. The molecule has 0 aliphatic heterocycles. The van der Waals surface area contributed by atoms with Crippen molar-refractivity contribution in [2.24, 2.45) is 18.7 Å². The van der Waals surface area contributed by atoms with E-state index in [0.717, 1.165) is 24.2 Å². The molecule has 1 heterocycles. The van der Waals surface area contributed by atoms with E-state index < -0.39 is 0 Å². The quantitative estimate of drug-likeness (QED) is 0.900. The number of benzene rings is 1. The third-order valence-corrected chi connectivity index (χ3v) is 4.16. The summed E-state index contributed by atoms with van der Waals surface area (Å²) in [6.45, 7) is 6.52. The maximum Gasteiger partial charge on any atom is 0.111 e. The molecule has 0 saturated carbocycles. The molecule has 3 nitrogen and oxygen atoms in total. The van der Waals surface area contributed by atoms with Crippen LogP contribution in [-0.4, -0.2) is 15.1 Å². The number of imidazole rings is 1. The van der Waals surface area contributed by atoms with E-state index in [2.05, 4.69) is 44.5 Å². The van der Waals surface area contributed by atoms with E-state index in [4.69, 9.17) is 10.7 Å². The van der Waals surface area contributed by atoms with Gasteiger partial charge in [0.25, 0.3) is 0 Å². The molecule has 18 heavy (non-hydrogen) atoms. The molecular formula is C15H23N3. The maximum atomic E-state index is 6.44. The molecule has 3 heteroatoms. The predicted molar refractivity (Wildman–Crippen MR) is 76.5 cm³/mol. The number of hydrogen-bond acceptors (Lipinski definition) is 2. The molecule has 2 rings (SSSR count). The Kier molecular flexibility index (Phi) is 3.44. The van der Waals surface area contributed by atoms with Gasteiger partial charge < -0.3 is 10.3 Å². The summed E-state index contributed by atoms with van der Waals surface area (Å²) in [7, 11) is 2.07. The van der Waals surface area contributed by atoms with Crippen molar-refractivity contribution in [2.45, 2.75) is 39.2 Å². The van der Waals surface area contributed by atoms with E-state index in [1.54, 1.807) is 0 Å². The third kappa shape index (κ3) is 2.27. The second-order valence-corrected chi connectivity index (χ2v) is 5.57. The van der Waals surface area contributed by atoms with E-state index in [9.17, 15) is 0 Å². The molecule has 1 aromatic carbocycles. The highest BCUT2D eigenvalue weighted by Gasteiger charge is 2.27. The summed E-state index contributed by atoms with van der Waals surface area (Å²) in [6, 6.07) is 8.22. The van der Waals surface area contributed by atoms with Gasteiger partial charge in [0.1, 0.15) is 5.82 Å². The zero-order chi connectivity index (χ0) is 13.3. The minimum absolute atomic E-state index is 0.204. The fourth-order valence-electron chi connectivity index (χ4n) is 2.33. The van der Waals surface area contributed by atoms with Crippen LogP contribution in [0.4, 0.5) is 0 Å². The Morgan fingerprint density at radius 1 is 1.39 bits per heavy atom. The Hall–Kier alpha value is -1.35. The summed E-state index contributed by atoms with van der Waals surface area (Å²) in [5.74, 6) is 1.55. The smallest absolute Gasteiger partial charge is 0.111 e. The lowest BCUT2D eigenvalue weighted by molar-refractivity contribution is 0.300. The molecule has 0 fully saturated rings. The van der Waals surface area contributed by atoms with Gasteiger partial charge in [-0.25, -0.2) is 4.98 Å². The molecule has 0 saturated heterocycles. The highest BCUT2D eigenvalue weighted by atomic mass is 15.1. The van der Waals surface area contributed by atoms with Crippen LogP contribution in [-0.2, 0) is 13.5 Å². The lowest BCUT2D eigenvalue weighted by Gasteiger charge is -2.30. The Bertz CT molecular complexity index is 540. The molecule has 2 N–H and O–H groups in total. The minimum Gasteiger partial charge on any atom is -0.331 e. The van der Waals surface area contributed by atoms with Crippen molar-refractivity contribution in [2.75, 3.05) is 0 Å². The van der Waals surface area contributed by atoms with E-state index in [1.165, 1.54) is 5.52 Å². The molecule has 2 aromatic rings. The van der Waals surface area contributed by atoms with Gasteiger partial charge in [-0.05, 0) is 25.0 Å². The second-order valence-electron chi connectivity index (χ2n) is 5.57. The van der Waals surface area contributed by atoms with Crippen LogP contribution in [0.1, 0.15) is 33.0 Å². The van der Waals surface area contributed by atoms with Crippen LogP contribution in [0.25, 0.3) is 11.0 Å². The first-order valence-electron chi connectivity index (χ1n) is 6.65. The number of aromatic nitrogens is 2. The monoisotopic (exact) mass is 245 g/mol. The first-order valence-corrected chi connectivity index (χ1v) is 6.65. The van der Waals surface area contributed by atoms with Crippen LogP contribution >= 0.6 is 0 Å². The highest BCUT2D eigenvalue weighted by Crippen LogP contribution is 2.23. The first kappa shape index (κ1) is 13.1. The van der Waals surface area contributed by atoms with Crippen LogP contribution in [0.15, 0.2) is 24.3 Å². The Labute approximate surface area is 109 Å². The Balaban J connectivity index is 2.35. The Morgan fingerprint density at radius 2 is 2.06 bits per heavy atom. The van der Waals surface area contributed by atoms with Crippen LogP contribution in [0.5, 0.6) is 0 Å². The number of fused-ring (bicyclic) bond motifs is 1. The molecule has 1 aromatic heterocycles. The van der Waals surface area contributed by atoms with Gasteiger partial charge in [-0.15, -0.1) is 0 Å². The average Bonchev–Trinajstić information content (AvgIpc) is 2.65. The van der Waals surface area contributed by atoms with Crippen LogP contribution in [0, 0.1) is 5.92 Å². The predicted octanol–water partition coefficient (Wildman–Crippen LogP) is 2.88. The number of para-hydroxylation sites is 2. The van der Waals surface area contributed by atoms with E-state index >= 15 is 0 Å². The number of hydrogen-bond donors (Lipinski definition) is 1. The lowest BCUT2D eigenvalue weighted by atomic mass is 9.83. The van der Waals surface area contributed by atoms with Crippen molar-refractivity contribution in [3.05, 3.63) is 30.1 Å². The zero-order valence-electron chi connectivity index (χ0n) is 11.8. The van der Waals surface area contributed by atoms with Gasteiger partial charge >= 0.3 is 0 Å². The first-order chi connectivity index (χ1) is 8.45. The van der Waals surface area contributed by atoms with Crippen molar-refractivity contribution in [3.8, 4) is 0 Å². The standard InChI is InChI=1S/C15H23N3/c1-5-11(2)15(3,16)10-14-17-12-8-6-7-9-13(12)18(14)4/h6-9,11H,5,10,16H2,1-4H3. The summed E-state index contributed by atoms with van der Waals surface area (Å²) < 4.78 is 2.16. The molecule has 0 aliphatic rings. The molecule has 2 unspecified atom stereocenters. The SMILES string of the molecule is CCC(C)C(C)(N)Cc1nc2ccccc2n1C. The largest absolute Gasteiger partial charge is 0.331 e. The molecule has 0 spiro atoms. The van der Waals surface area contributed by atoms with Crippen molar-refractivity contribution >= 4 is 11.0 Å². The fourth-order valence-corrected chi connectivity index (χ4v) is 2.33. The van der Waals surface area contributed by atoms with Gasteiger partial charge in [-0.3, -0.25) is 0 Å². The van der Waals surface area contributed by atoms with E-state index in [0.29, 0.717) is 5.92 Å². The van der Waals surface area contributed by atoms with E-state index in [-0.39, 0.29) is 5.54 Å². The van der Waals surface area contributed by atoms with Gasteiger partial charge in [0.15, 0.2) is 0 Å². The van der Waals surface area contributed by atoms with E-state index in [1.807, 2.05) is 12.1 Å². The number of rotatable bonds is 4. The lowest BCUT2D eigenvalue weighted by Crippen LogP contribution is -2.45. The number of aryl methyl sites for hydroxylation is 1. The maximum absolute atomic E-state index is 6.44. The Morgan fingerprint density at radius 3 is 2.67 bits per heavy atom. The molecular weight excluding hydrogens is 222 g/mol. The van der Waals surface area contributed by atoms with Gasteiger partial charge in [0, 0.05) is 19.0 Å². The highest BCUT2D eigenvalue weighted by molar-refractivity contribution is 5.75. The summed E-state index contributed by atoms with van der Waals surface area (Å²) in [4.78, 5) is 4.70. The average molecular weight is 245 g/mol. The van der Waals surface area contributed by atoms with Gasteiger partial charge in [0.05, 0.1) is 11.0 Å². The zero-order valence-corrected chi connectivity index (χ0v) is 11.8. The molecule has 2 atom stereocenters. The summed E-state index contributed by atoms with van der Waals surface area (Å²) in [6.07, 6.45) is 1.91. The normalized spacial score (nSPS) is 16.7. The molecule has 0 aliphatic carbocycles.